The fourth-order valence-electron chi connectivity index (χ4n) is 3.95. The second-order valence-electron chi connectivity index (χ2n) is 7.70. The first-order valence-electron chi connectivity index (χ1n) is 9.91. The van der Waals surface area contributed by atoms with Gasteiger partial charge in [0.15, 0.2) is 0 Å². The zero-order valence-electron chi connectivity index (χ0n) is 16.7. The summed E-state index contributed by atoms with van der Waals surface area (Å²) in [4.78, 5) is 19.8. The quantitative estimate of drug-likeness (QED) is 0.433. The Morgan fingerprint density at radius 3 is 2.81 bits per heavy atom. The standard InChI is InChI=1S/C22H18ClFN6O2/c23-17-1-2-18(24)16-9-27-19(5-14(16)17)15-3-11(6-28-21(15)25)12-7-29-30(10-12)13-4-20(22(31)32)26-8-13/h1-3,5-7,9-10,13,20,26H,4,8H2,(H2,25,28)(H,31,32)/t13-,20-/m0/s1. The second kappa shape index (κ2) is 7.85. The summed E-state index contributed by atoms with van der Waals surface area (Å²) in [7, 11) is 0. The Kier molecular flexibility index (Phi) is 4.99. The van der Waals surface area contributed by atoms with Crippen LogP contribution in [0.1, 0.15) is 12.5 Å². The van der Waals surface area contributed by atoms with Gasteiger partial charge < -0.3 is 16.2 Å². The molecule has 2 atom stereocenters. The summed E-state index contributed by atoms with van der Waals surface area (Å²) in [6, 6.07) is 5.72. The Hall–Kier alpha value is -3.56. The number of rotatable bonds is 4. The van der Waals surface area contributed by atoms with Gasteiger partial charge in [-0.3, -0.25) is 14.5 Å². The molecule has 0 amide bonds. The molecule has 162 valence electrons. The van der Waals surface area contributed by atoms with Crippen LogP contribution >= 0.6 is 11.6 Å². The molecule has 0 aliphatic carbocycles. The highest BCUT2D eigenvalue weighted by Gasteiger charge is 2.30. The number of hydrogen-bond acceptors (Lipinski definition) is 6. The van der Waals surface area contributed by atoms with Crippen LogP contribution in [0.3, 0.4) is 0 Å². The van der Waals surface area contributed by atoms with E-state index in [9.17, 15) is 14.3 Å². The molecule has 1 saturated heterocycles. The number of halogens is 2. The third-order valence-electron chi connectivity index (χ3n) is 5.70. The van der Waals surface area contributed by atoms with Crippen LogP contribution in [0.4, 0.5) is 10.2 Å². The molecule has 0 radical (unpaired) electrons. The number of fused-ring (bicyclic) bond motifs is 1. The Morgan fingerprint density at radius 2 is 2.03 bits per heavy atom. The third-order valence-corrected chi connectivity index (χ3v) is 6.03. The highest BCUT2D eigenvalue weighted by molar-refractivity contribution is 6.35. The molecule has 1 aromatic carbocycles. The normalized spacial score (nSPS) is 18.3. The lowest BCUT2D eigenvalue weighted by atomic mass is 10.0. The molecule has 4 N–H and O–H groups in total. The molecule has 1 aliphatic heterocycles. The van der Waals surface area contributed by atoms with E-state index >= 15 is 0 Å². The van der Waals surface area contributed by atoms with Gasteiger partial charge in [0.2, 0.25) is 0 Å². The van der Waals surface area contributed by atoms with Crippen LogP contribution in [0.5, 0.6) is 0 Å². The highest BCUT2D eigenvalue weighted by atomic mass is 35.5. The number of nitrogens with two attached hydrogens (primary N) is 1. The first kappa shape index (κ1) is 20.3. The molecule has 4 heterocycles. The van der Waals surface area contributed by atoms with Crippen LogP contribution in [-0.4, -0.2) is 43.4 Å². The van der Waals surface area contributed by atoms with E-state index < -0.39 is 17.8 Å². The van der Waals surface area contributed by atoms with Gasteiger partial charge in [0, 0.05) is 57.6 Å². The number of nitrogens with one attached hydrogen (secondary N) is 1. The SMILES string of the molecule is Nc1ncc(-c2cnn([C@@H]3CN[C@H](C(=O)O)C3)c2)cc1-c1cc2c(Cl)ccc(F)c2cn1. The summed E-state index contributed by atoms with van der Waals surface area (Å²) in [5, 5.41) is 17.8. The number of nitrogen functional groups attached to an aromatic ring is 1. The van der Waals surface area contributed by atoms with Gasteiger partial charge in [-0.2, -0.15) is 5.10 Å². The number of carboxylic acids is 1. The molecule has 0 bridgehead atoms. The van der Waals surface area contributed by atoms with Crippen molar-refractivity contribution in [3.8, 4) is 22.4 Å². The summed E-state index contributed by atoms with van der Waals surface area (Å²) < 4.78 is 15.8. The maximum absolute atomic E-state index is 14.1. The van der Waals surface area contributed by atoms with Crippen LogP contribution in [0.15, 0.2) is 49.1 Å². The Balaban J connectivity index is 1.49. The predicted molar refractivity (Wildman–Crippen MR) is 119 cm³/mol. The van der Waals surface area contributed by atoms with Gasteiger partial charge in [-0.25, -0.2) is 9.37 Å². The molecule has 0 spiro atoms. The van der Waals surface area contributed by atoms with Gasteiger partial charge in [0.05, 0.1) is 17.9 Å². The van der Waals surface area contributed by atoms with E-state index in [1.807, 2.05) is 12.3 Å². The Bertz CT molecular complexity index is 1360. The summed E-state index contributed by atoms with van der Waals surface area (Å²) in [5.41, 5.74) is 8.81. The van der Waals surface area contributed by atoms with Gasteiger partial charge in [0.25, 0.3) is 0 Å². The van der Waals surface area contributed by atoms with Gasteiger partial charge >= 0.3 is 5.97 Å². The van der Waals surface area contributed by atoms with E-state index in [2.05, 4.69) is 20.4 Å². The van der Waals surface area contributed by atoms with E-state index in [0.29, 0.717) is 40.0 Å². The summed E-state index contributed by atoms with van der Waals surface area (Å²) >= 11 is 6.26. The first-order chi connectivity index (χ1) is 15.4. The smallest absolute Gasteiger partial charge is 0.320 e. The largest absolute Gasteiger partial charge is 0.480 e. The predicted octanol–water partition coefficient (Wildman–Crippen LogP) is 3.52. The van der Waals surface area contributed by atoms with Crippen molar-refractivity contribution in [2.45, 2.75) is 18.5 Å². The molecule has 1 aliphatic rings. The molecule has 0 saturated carbocycles. The number of aliphatic carboxylic acids is 1. The molecule has 1 fully saturated rings. The molecule has 10 heteroatoms. The second-order valence-corrected chi connectivity index (χ2v) is 8.11. The molecular weight excluding hydrogens is 435 g/mol. The van der Waals surface area contributed by atoms with Crippen molar-refractivity contribution in [1.82, 2.24) is 25.1 Å². The molecule has 0 unspecified atom stereocenters. The van der Waals surface area contributed by atoms with E-state index in [-0.39, 0.29) is 11.9 Å². The van der Waals surface area contributed by atoms with Gasteiger partial charge in [-0.15, -0.1) is 0 Å². The van der Waals surface area contributed by atoms with Crippen molar-refractivity contribution in [3.05, 3.63) is 59.9 Å². The van der Waals surface area contributed by atoms with Crippen LogP contribution < -0.4 is 11.1 Å². The van der Waals surface area contributed by atoms with E-state index in [0.717, 1.165) is 11.1 Å². The lowest BCUT2D eigenvalue weighted by molar-refractivity contribution is -0.139. The van der Waals surface area contributed by atoms with E-state index in [1.165, 1.54) is 18.3 Å². The number of carbonyl (C=O) groups is 1. The average Bonchev–Trinajstić information content (AvgIpc) is 3.46. The lowest BCUT2D eigenvalue weighted by Crippen LogP contribution is -2.29. The molecule has 5 rings (SSSR count). The topological polar surface area (TPSA) is 119 Å². The lowest BCUT2D eigenvalue weighted by Gasteiger charge is -2.10. The molecule has 8 nitrogen and oxygen atoms in total. The maximum atomic E-state index is 14.1. The number of pyridine rings is 2. The van der Waals surface area contributed by atoms with Crippen molar-refractivity contribution in [2.24, 2.45) is 0 Å². The maximum Gasteiger partial charge on any atom is 0.320 e. The van der Waals surface area contributed by atoms with Crippen LogP contribution in [-0.2, 0) is 4.79 Å². The van der Waals surface area contributed by atoms with Gasteiger partial charge in [0.1, 0.15) is 17.7 Å². The van der Waals surface area contributed by atoms with E-state index in [4.69, 9.17) is 17.3 Å². The number of hydrogen-bond donors (Lipinski definition) is 3. The average molecular weight is 453 g/mol. The minimum Gasteiger partial charge on any atom is -0.480 e. The highest BCUT2D eigenvalue weighted by Crippen LogP contribution is 2.33. The summed E-state index contributed by atoms with van der Waals surface area (Å²) in [6.45, 7) is 0.529. The van der Waals surface area contributed by atoms with Crippen LogP contribution in [0.25, 0.3) is 33.2 Å². The van der Waals surface area contributed by atoms with Gasteiger partial charge in [-0.1, -0.05) is 11.6 Å². The minimum atomic E-state index is -0.866. The zero-order valence-corrected chi connectivity index (χ0v) is 17.4. The zero-order chi connectivity index (χ0) is 22.4. The number of carboxylic acid groups (broad SMARTS) is 1. The van der Waals surface area contributed by atoms with Crippen molar-refractivity contribution >= 4 is 34.2 Å². The van der Waals surface area contributed by atoms with Crippen molar-refractivity contribution in [3.63, 3.8) is 0 Å². The third kappa shape index (κ3) is 3.55. The molecule has 3 aromatic heterocycles. The number of anilines is 1. The van der Waals surface area contributed by atoms with Crippen molar-refractivity contribution in [2.75, 3.05) is 12.3 Å². The van der Waals surface area contributed by atoms with Gasteiger partial charge in [-0.05, 0) is 30.7 Å². The number of aromatic nitrogens is 4. The van der Waals surface area contributed by atoms with E-state index in [1.54, 1.807) is 23.1 Å². The van der Waals surface area contributed by atoms with Crippen molar-refractivity contribution in [1.29, 1.82) is 0 Å². The molecule has 4 aromatic rings. The fourth-order valence-corrected chi connectivity index (χ4v) is 4.17. The molecular formula is C22H18ClFN6O2. The monoisotopic (exact) mass is 452 g/mol. The van der Waals surface area contributed by atoms with Crippen molar-refractivity contribution < 1.29 is 14.3 Å². The van der Waals surface area contributed by atoms with Crippen LogP contribution in [0.2, 0.25) is 5.02 Å². The Labute approximate surface area is 186 Å². The summed E-state index contributed by atoms with van der Waals surface area (Å²) in [6.07, 6.45) is 7.08. The summed E-state index contributed by atoms with van der Waals surface area (Å²) in [5.74, 6) is -0.984. The van der Waals surface area contributed by atoms with Crippen LogP contribution in [0, 0.1) is 5.82 Å². The minimum absolute atomic E-state index is 0.0507. The fraction of sp³-hybridized carbons (Fsp3) is 0.182. The Morgan fingerprint density at radius 1 is 1.19 bits per heavy atom. The molecule has 32 heavy (non-hydrogen) atoms. The first-order valence-corrected chi connectivity index (χ1v) is 10.3. The number of nitrogens with zero attached hydrogens (tertiary/aromatic N) is 4. The number of benzene rings is 1.